The van der Waals surface area contributed by atoms with Crippen LogP contribution in [0.2, 0.25) is 0 Å². The summed E-state index contributed by atoms with van der Waals surface area (Å²) in [4.78, 5) is 2.48. The molecule has 1 aliphatic heterocycles. The van der Waals surface area contributed by atoms with Gasteiger partial charge in [-0.3, -0.25) is 4.90 Å². The van der Waals surface area contributed by atoms with E-state index in [9.17, 15) is 8.78 Å². The molecule has 1 aliphatic rings. The Labute approximate surface area is 120 Å². The van der Waals surface area contributed by atoms with Gasteiger partial charge in [-0.15, -0.1) is 0 Å². The summed E-state index contributed by atoms with van der Waals surface area (Å²) in [5, 5.41) is 3.38. The molecule has 4 heteroatoms. The quantitative estimate of drug-likeness (QED) is 0.889. The fraction of sp³-hybridized carbons (Fsp3) is 0.625. The summed E-state index contributed by atoms with van der Waals surface area (Å²) in [5.74, 6) is -1.03. The third-order valence-corrected chi connectivity index (χ3v) is 4.12. The molecule has 1 N–H and O–H groups in total. The summed E-state index contributed by atoms with van der Waals surface area (Å²) in [7, 11) is 0. The van der Waals surface area contributed by atoms with Gasteiger partial charge in [0.05, 0.1) is 0 Å². The van der Waals surface area contributed by atoms with Crippen molar-refractivity contribution < 1.29 is 8.78 Å². The number of likely N-dealkylation sites (tertiary alicyclic amines) is 1. The molecule has 2 nitrogen and oxygen atoms in total. The smallest absolute Gasteiger partial charge is 0.126 e. The van der Waals surface area contributed by atoms with Gasteiger partial charge in [-0.1, -0.05) is 6.42 Å². The molecule has 0 saturated carbocycles. The summed E-state index contributed by atoms with van der Waals surface area (Å²) >= 11 is 0. The van der Waals surface area contributed by atoms with Crippen LogP contribution in [-0.2, 0) is 0 Å². The van der Waals surface area contributed by atoms with E-state index in [4.69, 9.17) is 0 Å². The molecule has 1 saturated heterocycles. The molecule has 1 aromatic rings. The van der Waals surface area contributed by atoms with Crippen molar-refractivity contribution in [3.05, 3.63) is 35.4 Å². The van der Waals surface area contributed by atoms with Crippen molar-refractivity contribution in [3.63, 3.8) is 0 Å². The van der Waals surface area contributed by atoms with E-state index in [1.165, 1.54) is 31.4 Å². The Morgan fingerprint density at radius 1 is 1.05 bits per heavy atom. The number of rotatable bonds is 5. The lowest BCUT2D eigenvalue weighted by atomic mass is 10.1. The van der Waals surface area contributed by atoms with E-state index in [0.29, 0.717) is 11.6 Å². The molecule has 0 aromatic heterocycles. The van der Waals surface area contributed by atoms with Crippen LogP contribution in [0.25, 0.3) is 0 Å². The number of hydrogen-bond acceptors (Lipinski definition) is 2. The molecule has 0 spiro atoms. The summed E-state index contributed by atoms with van der Waals surface area (Å²) in [6.45, 7) is 7.30. The molecule has 20 heavy (non-hydrogen) atoms. The molecule has 112 valence electrons. The van der Waals surface area contributed by atoms with Crippen molar-refractivity contribution in [2.45, 2.75) is 45.2 Å². The van der Waals surface area contributed by atoms with Gasteiger partial charge in [0.2, 0.25) is 0 Å². The van der Waals surface area contributed by atoms with Gasteiger partial charge in [-0.05, 0) is 57.5 Å². The van der Waals surface area contributed by atoms with Crippen LogP contribution in [0.3, 0.4) is 0 Å². The van der Waals surface area contributed by atoms with Gasteiger partial charge in [0, 0.05) is 24.7 Å². The van der Waals surface area contributed by atoms with Crippen molar-refractivity contribution in [2.24, 2.45) is 0 Å². The highest BCUT2D eigenvalue weighted by Gasteiger charge is 2.17. The largest absolute Gasteiger partial charge is 0.309 e. The minimum atomic E-state index is -0.516. The number of nitrogens with zero attached hydrogens (tertiary/aromatic N) is 1. The Balaban J connectivity index is 1.86. The predicted molar refractivity (Wildman–Crippen MR) is 77.7 cm³/mol. The molecule has 0 bridgehead atoms. The van der Waals surface area contributed by atoms with E-state index in [1.54, 1.807) is 0 Å². The Morgan fingerprint density at radius 2 is 1.65 bits per heavy atom. The monoisotopic (exact) mass is 282 g/mol. The lowest BCUT2D eigenvalue weighted by Crippen LogP contribution is -2.43. The number of hydrogen-bond donors (Lipinski definition) is 1. The highest BCUT2D eigenvalue weighted by atomic mass is 19.1. The van der Waals surface area contributed by atoms with E-state index in [0.717, 1.165) is 25.7 Å². The summed E-state index contributed by atoms with van der Waals surface area (Å²) in [6.07, 6.45) is 3.87. The predicted octanol–water partition coefficient (Wildman–Crippen LogP) is 3.49. The molecule has 0 amide bonds. The standard InChI is InChI=1S/C16H24F2N2/c1-12(20-6-4-3-5-7-20)11-19-13(2)14-8-15(17)10-16(18)9-14/h8-10,12-13,19H,3-7,11H2,1-2H3. The van der Waals surface area contributed by atoms with E-state index < -0.39 is 11.6 Å². The van der Waals surface area contributed by atoms with Crippen LogP contribution in [0.5, 0.6) is 0 Å². The van der Waals surface area contributed by atoms with Crippen LogP contribution in [0.4, 0.5) is 8.78 Å². The van der Waals surface area contributed by atoms with E-state index in [2.05, 4.69) is 17.1 Å². The first-order valence-corrected chi connectivity index (χ1v) is 7.49. The Kier molecular flexibility index (Phi) is 5.49. The van der Waals surface area contributed by atoms with Crippen LogP contribution in [0, 0.1) is 11.6 Å². The molecule has 1 aromatic carbocycles. The van der Waals surface area contributed by atoms with Crippen LogP contribution in [-0.4, -0.2) is 30.6 Å². The van der Waals surface area contributed by atoms with Gasteiger partial charge in [0.1, 0.15) is 11.6 Å². The van der Waals surface area contributed by atoms with Crippen molar-refractivity contribution in [2.75, 3.05) is 19.6 Å². The maximum absolute atomic E-state index is 13.2. The van der Waals surface area contributed by atoms with Gasteiger partial charge < -0.3 is 5.32 Å². The second-order valence-corrected chi connectivity index (χ2v) is 5.78. The normalized spacial score (nSPS) is 19.8. The first-order valence-electron chi connectivity index (χ1n) is 7.49. The van der Waals surface area contributed by atoms with E-state index in [1.807, 2.05) is 6.92 Å². The van der Waals surface area contributed by atoms with Crippen molar-refractivity contribution >= 4 is 0 Å². The second-order valence-electron chi connectivity index (χ2n) is 5.78. The van der Waals surface area contributed by atoms with Crippen LogP contribution in [0.15, 0.2) is 18.2 Å². The van der Waals surface area contributed by atoms with Gasteiger partial charge in [0.15, 0.2) is 0 Å². The Morgan fingerprint density at radius 3 is 2.25 bits per heavy atom. The zero-order chi connectivity index (χ0) is 14.5. The van der Waals surface area contributed by atoms with Gasteiger partial charge in [-0.2, -0.15) is 0 Å². The van der Waals surface area contributed by atoms with Crippen LogP contribution in [0.1, 0.15) is 44.7 Å². The van der Waals surface area contributed by atoms with E-state index >= 15 is 0 Å². The maximum Gasteiger partial charge on any atom is 0.126 e. The van der Waals surface area contributed by atoms with E-state index in [-0.39, 0.29) is 6.04 Å². The molecule has 1 heterocycles. The minimum absolute atomic E-state index is 0.0487. The van der Waals surface area contributed by atoms with Gasteiger partial charge in [-0.25, -0.2) is 8.78 Å². The third-order valence-electron chi connectivity index (χ3n) is 4.12. The first-order chi connectivity index (χ1) is 9.56. The third kappa shape index (κ3) is 4.25. The number of piperidine rings is 1. The molecule has 0 radical (unpaired) electrons. The van der Waals surface area contributed by atoms with Crippen molar-refractivity contribution in [3.8, 4) is 0 Å². The summed E-state index contributed by atoms with van der Waals surface area (Å²) < 4.78 is 26.4. The van der Waals surface area contributed by atoms with Crippen molar-refractivity contribution in [1.82, 2.24) is 10.2 Å². The highest BCUT2D eigenvalue weighted by Crippen LogP contribution is 2.17. The molecule has 1 fully saturated rings. The lowest BCUT2D eigenvalue weighted by Gasteiger charge is -2.33. The summed E-state index contributed by atoms with van der Waals surface area (Å²) in [6, 6.07) is 4.11. The van der Waals surface area contributed by atoms with Crippen molar-refractivity contribution in [1.29, 1.82) is 0 Å². The second kappa shape index (κ2) is 7.14. The topological polar surface area (TPSA) is 15.3 Å². The molecule has 2 atom stereocenters. The molecule has 2 unspecified atom stereocenters. The van der Waals surface area contributed by atoms with Crippen LogP contribution < -0.4 is 5.32 Å². The number of nitrogens with one attached hydrogen (secondary N) is 1. The minimum Gasteiger partial charge on any atom is -0.309 e. The average molecular weight is 282 g/mol. The molecule has 0 aliphatic carbocycles. The zero-order valence-corrected chi connectivity index (χ0v) is 12.3. The average Bonchev–Trinajstić information content (AvgIpc) is 2.44. The summed E-state index contributed by atoms with van der Waals surface area (Å²) in [5.41, 5.74) is 0.661. The van der Waals surface area contributed by atoms with Gasteiger partial charge in [0.25, 0.3) is 0 Å². The molecular weight excluding hydrogens is 258 g/mol. The molecular formula is C16H24F2N2. The Hall–Kier alpha value is -1.00. The highest BCUT2D eigenvalue weighted by molar-refractivity contribution is 5.20. The lowest BCUT2D eigenvalue weighted by molar-refractivity contribution is 0.168. The maximum atomic E-state index is 13.2. The number of halogens is 2. The molecule has 2 rings (SSSR count). The fourth-order valence-electron chi connectivity index (χ4n) is 2.78. The number of benzene rings is 1. The Bertz CT molecular complexity index is 410. The fourth-order valence-corrected chi connectivity index (χ4v) is 2.78. The zero-order valence-electron chi connectivity index (χ0n) is 12.3. The van der Waals surface area contributed by atoms with Crippen LogP contribution >= 0.6 is 0 Å². The SMILES string of the molecule is CC(NCC(C)N1CCCCC1)c1cc(F)cc(F)c1. The first kappa shape index (κ1) is 15.4. The van der Waals surface area contributed by atoms with Gasteiger partial charge >= 0.3 is 0 Å².